The highest BCUT2D eigenvalue weighted by molar-refractivity contribution is 4.79. The zero-order valence-electron chi connectivity index (χ0n) is 7.90. The Kier molecular flexibility index (Phi) is 3.92. The highest BCUT2D eigenvalue weighted by Crippen LogP contribution is 2.26. The Morgan fingerprint density at radius 1 is 1.18 bits per heavy atom. The Hall–Kier alpha value is -0.0400. The Labute approximate surface area is 70.6 Å². The van der Waals surface area contributed by atoms with Crippen molar-refractivity contribution in [3.8, 4) is 0 Å². The Bertz CT molecular complexity index is 99.0. The van der Waals surface area contributed by atoms with Crippen LogP contribution < -0.4 is 5.32 Å². The van der Waals surface area contributed by atoms with Crippen LogP contribution in [0.4, 0.5) is 0 Å². The van der Waals surface area contributed by atoms with Gasteiger partial charge in [0.05, 0.1) is 0 Å². The van der Waals surface area contributed by atoms with Gasteiger partial charge in [0, 0.05) is 6.04 Å². The van der Waals surface area contributed by atoms with E-state index >= 15 is 0 Å². The van der Waals surface area contributed by atoms with Crippen LogP contribution in [-0.2, 0) is 0 Å². The average molecular weight is 155 g/mol. The van der Waals surface area contributed by atoms with Gasteiger partial charge in [-0.3, -0.25) is 0 Å². The Morgan fingerprint density at radius 3 is 2.55 bits per heavy atom. The molecule has 2 atom stereocenters. The van der Waals surface area contributed by atoms with Gasteiger partial charge in [-0.25, -0.2) is 0 Å². The van der Waals surface area contributed by atoms with E-state index in [1.165, 1.54) is 32.1 Å². The molecule has 0 aromatic heterocycles. The van der Waals surface area contributed by atoms with Gasteiger partial charge >= 0.3 is 0 Å². The number of hydrogen-bond donors (Lipinski definition) is 1. The maximum Gasteiger partial charge on any atom is 0.00951 e. The summed E-state index contributed by atoms with van der Waals surface area (Å²) in [7, 11) is 0. The van der Waals surface area contributed by atoms with Crippen LogP contribution in [0.2, 0.25) is 0 Å². The van der Waals surface area contributed by atoms with Gasteiger partial charge in [-0.05, 0) is 25.3 Å². The predicted octanol–water partition coefficient (Wildman–Crippen LogP) is 2.56. The van der Waals surface area contributed by atoms with Crippen molar-refractivity contribution in [2.45, 2.75) is 52.0 Å². The van der Waals surface area contributed by atoms with Crippen molar-refractivity contribution in [3.05, 3.63) is 0 Å². The summed E-state index contributed by atoms with van der Waals surface area (Å²) in [4.78, 5) is 0. The van der Waals surface area contributed by atoms with Crippen LogP contribution in [0.3, 0.4) is 0 Å². The molecule has 1 N–H and O–H groups in total. The SMILES string of the molecule is CCN[C@@H]1CCCC[C@@H]1CC. The number of nitrogens with one attached hydrogen (secondary N) is 1. The quantitative estimate of drug-likeness (QED) is 0.660. The monoisotopic (exact) mass is 155 g/mol. The molecule has 0 unspecified atom stereocenters. The Morgan fingerprint density at radius 2 is 1.91 bits per heavy atom. The summed E-state index contributed by atoms with van der Waals surface area (Å²) >= 11 is 0. The van der Waals surface area contributed by atoms with Gasteiger partial charge in [-0.1, -0.05) is 33.1 Å². The topological polar surface area (TPSA) is 12.0 Å². The van der Waals surface area contributed by atoms with Gasteiger partial charge in [0.1, 0.15) is 0 Å². The number of hydrogen-bond acceptors (Lipinski definition) is 1. The summed E-state index contributed by atoms with van der Waals surface area (Å²) in [6.45, 7) is 5.67. The molecule has 0 aliphatic heterocycles. The molecule has 1 aliphatic carbocycles. The molecule has 0 aromatic carbocycles. The molecule has 0 radical (unpaired) electrons. The summed E-state index contributed by atoms with van der Waals surface area (Å²) in [5.41, 5.74) is 0. The first-order valence-electron chi connectivity index (χ1n) is 5.11. The normalized spacial score (nSPS) is 32.2. The van der Waals surface area contributed by atoms with Gasteiger partial charge < -0.3 is 5.32 Å². The van der Waals surface area contributed by atoms with Crippen molar-refractivity contribution >= 4 is 0 Å². The van der Waals surface area contributed by atoms with E-state index in [1.54, 1.807) is 0 Å². The van der Waals surface area contributed by atoms with Crippen molar-refractivity contribution in [1.82, 2.24) is 5.32 Å². The fourth-order valence-electron chi connectivity index (χ4n) is 2.23. The largest absolute Gasteiger partial charge is 0.314 e. The third-order valence-corrected chi connectivity index (χ3v) is 2.90. The smallest absolute Gasteiger partial charge is 0.00951 e. The van der Waals surface area contributed by atoms with Gasteiger partial charge in [0.25, 0.3) is 0 Å². The van der Waals surface area contributed by atoms with Gasteiger partial charge in [0.15, 0.2) is 0 Å². The summed E-state index contributed by atoms with van der Waals surface area (Å²) in [6, 6.07) is 0.832. The van der Waals surface area contributed by atoms with Crippen molar-refractivity contribution in [2.75, 3.05) is 6.54 Å². The third kappa shape index (κ3) is 2.48. The minimum absolute atomic E-state index is 0.832. The average Bonchev–Trinajstić information content (AvgIpc) is 2.06. The first-order valence-corrected chi connectivity index (χ1v) is 5.11. The van der Waals surface area contributed by atoms with E-state index < -0.39 is 0 Å². The van der Waals surface area contributed by atoms with E-state index in [0.29, 0.717) is 0 Å². The van der Waals surface area contributed by atoms with Crippen molar-refractivity contribution in [1.29, 1.82) is 0 Å². The van der Waals surface area contributed by atoms with Crippen LogP contribution >= 0.6 is 0 Å². The van der Waals surface area contributed by atoms with Gasteiger partial charge in [0.2, 0.25) is 0 Å². The van der Waals surface area contributed by atoms with E-state index in [4.69, 9.17) is 0 Å². The lowest BCUT2D eigenvalue weighted by atomic mass is 9.83. The molecular formula is C10H21N. The first kappa shape index (κ1) is 9.05. The van der Waals surface area contributed by atoms with E-state index in [0.717, 1.165) is 18.5 Å². The molecule has 11 heavy (non-hydrogen) atoms. The molecule has 0 aromatic rings. The highest BCUT2D eigenvalue weighted by Gasteiger charge is 2.21. The molecule has 0 heterocycles. The van der Waals surface area contributed by atoms with Crippen LogP contribution in [0.5, 0.6) is 0 Å². The molecule has 0 amide bonds. The third-order valence-electron chi connectivity index (χ3n) is 2.90. The fraction of sp³-hybridized carbons (Fsp3) is 1.00. The molecule has 1 nitrogen and oxygen atoms in total. The minimum Gasteiger partial charge on any atom is -0.314 e. The van der Waals surface area contributed by atoms with Crippen LogP contribution in [-0.4, -0.2) is 12.6 Å². The van der Waals surface area contributed by atoms with Crippen LogP contribution in [0.15, 0.2) is 0 Å². The molecule has 66 valence electrons. The fourth-order valence-corrected chi connectivity index (χ4v) is 2.23. The lowest BCUT2D eigenvalue weighted by Crippen LogP contribution is -2.37. The predicted molar refractivity (Wildman–Crippen MR) is 49.7 cm³/mol. The molecule has 0 saturated heterocycles. The molecule has 0 bridgehead atoms. The lowest BCUT2D eigenvalue weighted by molar-refractivity contribution is 0.259. The number of rotatable bonds is 3. The highest BCUT2D eigenvalue weighted by atomic mass is 14.9. The van der Waals surface area contributed by atoms with E-state index in [-0.39, 0.29) is 0 Å². The second-order valence-electron chi connectivity index (χ2n) is 3.62. The molecule has 1 fully saturated rings. The zero-order chi connectivity index (χ0) is 8.10. The summed E-state index contributed by atoms with van der Waals surface area (Å²) in [6.07, 6.45) is 7.12. The van der Waals surface area contributed by atoms with E-state index in [2.05, 4.69) is 19.2 Å². The molecular weight excluding hydrogens is 134 g/mol. The minimum atomic E-state index is 0.832. The van der Waals surface area contributed by atoms with Crippen molar-refractivity contribution in [3.63, 3.8) is 0 Å². The maximum absolute atomic E-state index is 3.59. The summed E-state index contributed by atoms with van der Waals surface area (Å²) in [5, 5.41) is 3.59. The summed E-state index contributed by atoms with van der Waals surface area (Å²) in [5.74, 6) is 0.962. The molecule has 1 heteroatoms. The van der Waals surface area contributed by atoms with E-state index in [9.17, 15) is 0 Å². The maximum atomic E-state index is 3.59. The zero-order valence-corrected chi connectivity index (χ0v) is 7.90. The Balaban J connectivity index is 2.31. The van der Waals surface area contributed by atoms with Crippen molar-refractivity contribution in [2.24, 2.45) is 5.92 Å². The van der Waals surface area contributed by atoms with Crippen LogP contribution in [0, 0.1) is 5.92 Å². The standard InChI is InChI=1S/C10H21N/c1-3-9-7-5-6-8-10(9)11-4-2/h9-11H,3-8H2,1-2H3/t9-,10+/m0/s1. The summed E-state index contributed by atoms with van der Waals surface area (Å²) < 4.78 is 0. The molecule has 0 spiro atoms. The van der Waals surface area contributed by atoms with Crippen molar-refractivity contribution < 1.29 is 0 Å². The lowest BCUT2D eigenvalue weighted by Gasteiger charge is -2.31. The molecule has 1 aliphatic rings. The van der Waals surface area contributed by atoms with Crippen LogP contribution in [0.1, 0.15) is 46.0 Å². The van der Waals surface area contributed by atoms with E-state index in [1.807, 2.05) is 0 Å². The second-order valence-corrected chi connectivity index (χ2v) is 3.62. The first-order chi connectivity index (χ1) is 5.38. The second kappa shape index (κ2) is 4.76. The van der Waals surface area contributed by atoms with Gasteiger partial charge in [-0.2, -0.15) is 0 Å². The molecule has 1 saturated carbocycles. The molecule has 1 rings (SSSR count). The van der Waals surface area contributed by atoms with Crippen LogP contribution in [0.25, 0.3) is 0 Å². The van der Waals surface area contributed by atoms with Gasteiger partial charge in [-0.15, -0.1) is 0 Å².